The maximum absolute atomic E-state index is 13.0. The Labute approximate surface area is 161 Å². The molecule has 0 saturated carbocycles. The Morgan fingerprint density at radius 1 is 1.11 bits per heavy atom. The van der Waals surface area contributed by atoms with E-state index in [1.807, 2.05) is 30.3 Å². The lowest BCUT2D eigenvalue weighted by atomic mass is 10.1. The third-order valence-electron chi connectivity index (χ3n) is 3.51. The van der Waals surface area contributed by atoms with Crippen molar-refractivity contribution in [3.8, 4) is 11.3 Å². The average Bonchev–Trinajstić information content (AvgIpc) is 3.01. The molecule has 3 N–H and O–H groups in total. The number of thioether (sulfide) groups is 1. The summed E-state index contributed by atoms with van der Waals surface area (Å²) in [6.45, 7) is 0. The molecular weight excluding hydrogens is 395 g/mol. The summed E-state index contributed by atoms with van der Waals surface area (Å²) in [5.41, 5.74) is 6.34. The number of hydrogen-bond acceptors (Lipinski definition) is 5. The fraction of sp³-hybridized carbons (Fsp3) is 0.111. The minimum atomic E-state index is -4.54. The van der Waals surface area contributed by atoms with Crippen molar-refractivity contribution in [2.24, 2.45) is 0 Å². The number of nitrogens with one attached hydrogen (secondary N) is 1. The van der Waals surface area contributed by atoms with Gasteiger partial charge in [0.25, 0.3) is 0 Å². The number of anilines is 2. The lowest BCUT2D eigenvalue weighted by Gasteiger charge is -2.13. The lowest BCUT2D eigenvalue weighted by molar-refractivity contribution is -0.137. The van der Waals surface area contributed by atoms with E-state index in [1.165, 1.54) is 29.5 Å². The molecule has 27 heavy (non-hydrogen) atoms. The molecule has 0 radical (unpaired) electrons. The topological polar surface area (TPSA) is 68.0 Å². The van der Waals surface area contributed by atoms with Crippen molar-refractivity contribution >= 4 is 39.7 Å². The molecule has 0 bridgehead atoms. The zero-order valence-electron chi connectivity index (χ0n) is 13.8. The van der Waals surface area contributed by atoms with Gasteiger partial charge in [0.1, 0.15) is 10.7 Å². The van der Waals surface area contributed by atoms with E-state index in [0.29, 0.717) is 15.0 Å². The molecule has 0 aliphatic heterocycles. The van der Waals surface area contributed by atoms with Gasteiger partial charge >= 0.3 is 6.18 Å². The molecule has 140 valence electrons. The molecule has 0 unspecified atom stereocenters. The smallest absolute Gasteiger partial charge is 0.389 e. The molecule has 0 fully saturated rings. The van der Waals surface area contributed by atoms with Crippen molar-refractivity contribution < 1.29 is 18.0 Å². The third-order valence-corrected chi connectivity index (χ3v) is 5.54. The van der Waals surface area contributed by atoms with E-state index >= 15 is 0 Å². The van der Waals surface area contributed by atoms with Crippen LogP contribution in [0.25, 0.3) is 11.3 Å². The van der Waals surface area contributed by atoms with Gasteiger partial charge in [-0.25, -0.2) is 4.98 Å². The molecule has 0 aliphatic rings. The van der Waals surface area contributed by atoms with E-state index in [-0.39, 0.29) is 11.4 Å². The zero-order valence-corrected chi connectivity index (χ0v) is 15.4. The van der Waals surface area contributed by atoms with Crippen LogP contribution in [0.15, 0.2) is 58.9 Å². The first-order valence-electron chi connectivity index (χ1n) is 7.75. The predicted molar refractivity (Wildman–Crippen MR) is 103 cm³/mol. The van der Waals surface area contributed by atoms with E-state index in [1.54, 1.807) is 0 Å². The Hall–Kier alpha value is -2.52. The number of rotatable bonds is 5. The van der Waals surface area contributed by atoms with E-state index in [9.17, 15) is 18.0 Å². The van der Waals surface area contributed by atoms with Crippen molar-refractivity contribution in [3.05, 3.63) is 60.2 Å². The van der Waals surface area contributed by atoms with Gasteiger partial charge in [0.05, 0.1) is 17.0 Å². The fourth-order valence-electron chi connectivity index (χ4n) is 2.33. The van der Waals surface area contributed by atoms with Gasteiger partial charge in [-0.1, -0.05) is 65.6 Å². The maximum atomic E-state index is 13.0. The van der Waals surface area contributed by atoms with Crippen LogP contribution in [0.1, 0.15) is 5.56 Å². The number of alkyl halides is 3. The number of para-hydroxylation sites is 1. The van der Waals surface area contributed by atoms with E-state index in [0.717, 1.165) is 23.4 Å². The summed E-state index contributed by atoms with van der Waals surface area (Å²) in [6, 6.07) is 14.2. The molecule has 0 saturated heterocycles. The number of carbonyl (C=O) groups excluding carboxylic acids is 1. The van der Waals surface area contributed by atoms with Crippen LogP contribution in [0.5, 0.6) is 0 Å². The van der Waals surface area contributed by atoms with Crippen LogP contribution >= 0.6 is 23.1 Å². The molecule has 4 nitrogen and oxygen atoms in total. The molecule has 3 rings (SSSR count). The van der Waals surface area contributed by atoms with Crippen LogP contribution in [0.4, 0.5) is 23.9 Å². The first-order valence-corrected chi connectivity index (χ1v) is 9.55. The molecule has 1 heterocycles. The van der Waals surface area contributed by atoms with Crippen LogP contribution in [0, 0.1) is 0 Å². The highest BCUT2D eigenvalue weighted by atomic mass is 32.2. The molecule has 2 aromatic carbocycles. The van der Waals surface area contributed by atoms with Gasteiger partial charge in [-0.05, 0) is 12.1 Å². The average molecular weight is 409 g/mol. The number of nitrogens with two attached hydrogens (primary N) is 1. The quantitative estimate of drug-likeness (QED) is 0.573. The van der Waals surface area contributed by atoms with Gasteiger partial charge in [0.15, 0.2) is 4.34 Å². The van der Waals surface area contributed by atoms with E-state index < -0.39 is 17.6 Å². The van der Waals surface area contributed by atoms with Gasteiger partial charge in [-0.2, -0.15) is 13.2 Å². The number of aromatic nitrogens is 1. The van der Waals surface area contributed by atoms with Crippen molar-refractivity contribution in [2.45, 2.75) is 10.5 Å². The summed E-state index contributed by atoms with van der Waals surface area (Å²) in [6.07, 6.45) is -4.54. The number of thiazole rings is 1. The second kappa shape index (κ2) is 8.01. The summed E-state index contributed by atoms with van der Waals surface area (Å²) in [4.78, 5) is 16.5. The van der Waals surface area contributed by atoms with Gasteiger partial charge in [0.2, 0.25) is 5.91 Å². The first kappa shape index (κ1) is 19.2. The summed E-state index contributed by atoms with van der Waals surface area (Å²) >= 11 is 2.36. The van der Waals surface area contributed by atoms with Crippen LogP contribution in [-0.4, -0.2) is 16.6 Å². The van der Waals surface area contributed by atoms with Gasteiger partial charge in [-0.15, -0.1) is 0 Å². The van der Waals surface area contributed by atoms with Crippen LogP contribution in [0.3, 0.4) is 0 Å². The first-order chi connectivity index (χ1) is 12.8. The summed E-state index contributed by atoms with van der Waals surface area (Å²) < 4.78 is 39.5. The highest BCUT2D eigenvalue weighted by Crippen LogP contribution is 2.36. The normalized spacial score (nSPS) is 11.4. The summed E-state index contributed by atoms with van der Waals surface area (Å²) in [5, 5.41) is 2.83. The molecule has 1 amide bonds. The van der Waals surface area contributed by atoms with Crippen LogP contribution < -0.4 is 11.1 Å². The minimum absolute atomic E-state index is 0.0760. The van der Waals surface area contributed by atoms with Crippen molar-refractivity contribution in [1.29, 1.82) is 0 Å². The largest absolute Gasteiger partial charge is 0.418 e. The summed E-state index contributed by atoms with van der Waals surface area (Å²) in [7, 11) is 0. The lowest BCUT2D eigenvalue weighted by Crippen LogP contribution is -2.18. The van der Waals surface area contributed by atoms with E-state index in [2.05, 4.69) is 10.3 Å². The second-order valence-corrected chi connectivity index (χ2v) is 7.69. The van der Waals surface area contributed by atoms with Crippen molar-refractivity contribution in [1.82, 2.24) is 4.98 Å². The zero-order chi connectivity index (χ0) is 19.4. The molecule has 0 spiro atoms. The minimum Gasteiger partial charge on any atom is -0.389 e. The molecular formula is C18H14F3N3OS2. The Bertz CT molecular complexity index is 943. The molecule has 1 aromatic heterocycles. The fourth-order valence-corrected chi connectivity index (χ4v) is 4.08. The second-order valence-electron chi connectivity index (χ2n) is 5.44. The van der Waals surface area contributed by atoms with E-state index in [4.69, 9.17) is 5.73 Å². The molecule has 9 heteroatoms. The number of halogens is 3. The number of nitrogens with zero attached hydrogens (tertiary/aromatic N) is 1. The number of hydrogen-bond donors (Lipinski definition) is 2. The maximum Gasteiger partial charge on any atom is 0.418 e. The van der Waals surface area contributed by atoms with Gasteiger partial charge < -0.3 is 11.1 Å². The highest BCUT2D eigenvalue weighted by molar-refractivity contribution is 8.01. The van der Waals surface area contributed by atoms with Crippen molar-refractivity contribution in [3.63, 3.8) is 0 Å². The Morgan fingerprint density at radius 3 is 2.48 bits per heavy atom. The molecule has 3 aromatic rings. The van der Waals surface area contributed by atoms with Crippen LogP contribution in [-0.2, 0) is 11.0 Å². The Morgan fingerprint density at radius 2 is 1.78 bits per heavy atom. The Balaban J connectivity index is 1.66. The van der Waals surface area contributed by atoms with Crippen LogP contribution in [0.2, 0.25) is 0 Å². The SMILES string of the molecule is Nc1sc(SCC(=O)Nc2ccccc2C(F)(F)F)nc1-c1ccccc1. The monoisotopic (exact) mass is 409 g/mol. The van der Waals surface area contributed by atoms with Gasteiger partial charge in [0, 0.05) is 5.56 Å². The highest BCUT2D eigenvalue weighted by Gasteiger charge is 2.33. The number of benzene rings is 2. The predicted octanol–water partition coefficient (Wildman–Crippen LogP) is 5.14. The number of nitrogen functional groups attached to an aromatic ring is 1. The van der Waals surface area contributed by atoms with Gasteiger partial charge in [-0.3, -0.25) is 4.79 Å². The number of amides is 1. The number of carbonyl (C=O) groups is 1. The third kappa shape index (κ3) is 4.81. The molecule has 0 aliphatic carbocycles. The standard InChI is InChI=1S/C18H14F3N3OS2/c19-18(20,21)12-8-4-5-9-13(12)23-14(25)10-26-17-24-15(16(22)27-17)11-6-2-1-3-7-11/h1-9H,10,22H2,(H,23,25). The molecule has 0 atom stereocenters. The van der Waals surface area contributed by atoms with Crippen molar-refractivity contribution in [2.75, 3.05) is 16.8 Å². The summed E-state index contributed by atoms with van der Waals surface area (Å²) in [5.74, 6) is -0.625. The Kier molecular flexibility index (Phi) is 5.71.